The average Bonchev–Trinajstić information content (AvgIpc) is 2.67. The van der Waals surface area contributed by atoms with Gasteiger partial charge in [0.1, 0.15) is 5.82 Å². The average molecular weight is 418 g/mol. The summed E-state index contributed by atoms with van der Waals surface area (Å²) in [6.07, 6.45) is 2.16. The van der Waals surface area contributed by atoms with Crippen LogP contribution in [0.2, 0.25) is 5.02 Å². The SMILES string of the molecule is O=S(=O)(Cc1cccc(Cl)c1)N1CCc2nc(-c3ccc(F)cc3)ncc2C1. The third-order valence-corrected chi connectivity index (χ3v) is 6.66. The maximum Gasteiger partial charge on any atom is 0.218 e. The van der Waals surface area contributed by atoms with Crippen molar-refractivity contribution < 1.29 is 12.8 Å². The number of hydrogen-bond acceptors (Lipinski definition) is 4. The van der Waals surface area contributed by atoms with E-state index in [2.05, 4.69) is 9.97 Å². The van der Waals surface area contributed by atoms with E-state index in [9.17, 15) is 12.8 Å². The Morgan fingerprint density at radius 2 is 1.93 bits per heavy atom. The molecule has 0 fully saturated rings. The third kappa shape index (κ3) is 4.06. The van der Waals surface area contributed by atoms with E-state index in [4.69, 9.17) is 11.6 Å². The molecule has 144 valence electrons. The number of sulfonamides is 1. The molecule has 3 aromatic rings. The summed E-state index contributed by atoms with van der Waals surface area (Å²) in [5.41, 5.74) is 2.98. The Kier molecular flexibility index (Phi) is 5.14. The van der Waals surface area contributed by atoms with E-state index >= 15 is 0 Å². The van der Waals surface area contributed by atoms with Crippen molar-refractivity contribution in [3.63, 3.8) is 0 Å². The number of halogens is 2. The Balaban J connectivity index is 1.54. The predicted octanol–water partition coefficient (Wildman–Crippen LogP) is 3.82. The highest BCUT2D eigenvalue weighted by Gasteiger charge is 2.28. The number of aromatic nitrogens is 2. The molecule has 0 atom stereocenters. The molecule has 8 heteroatoms. The Hall–Kier alpha value is -2.35. The number of rotatable bonds is 4. The fourth-order valence-corrected chi connectivity index (χ4v) is 4.90. The highest BCUT2D eigenvalue weighted by molar-refractivity contribution is 7.88. The van der Waals surface area contributed by atoms with Crippen LogP contribution in [0.3, 0.4) is 0 Å². The van der Waals surface area contributed by atoms with E-state index in [1.807, 2.05) is 0 Å². The molecule has 2 heterocycles. The second kappa shape index (κ2) is 7.58. The van der Waals surface area contributed by atoms with E-state index in [1.54, 1.807) is 42.6 Å². The van der Waals surface area contributed by atoms with Gasteiger partial charge in [0.05, 0.1) is 11.4 Å². The van der Waals surface area contributed by atoms with Crippen LogP contribution in [0.1, 0.15) is 16.8 Å². The lowest BCUT2D eigenvalue weighted by atomic mass is 10.1. The molecule has 5 nitrogen and oxygen atoms in total. The molecule has 0 bridgehead atoms. The van der Waals surface area contributed by atoms with Crippen molar-refractivity contribution in [2.24, 2.45) is 0 Å². The van der Waals surface area contributed by atoms with Crippen molar-refractivity contribution in [2.45, 2.75) is 18.7 Å². The molecule has 1 aliphatic heterocycles. The lowest BCUT2D eigenvalue weighted by Crippen LogP contribution is -2.37. The molecule has 0 saturated heterocycles. The smallest absolute Gasteiger partial charge is 0.218 e. The van der Waals surface area contributed by atoms with Gasteiger partial charge in [-0.15, -0.1) is 0 Å². The lowest BCUT2D eigenvalue weighted by Gasteiger charge is -2.27. The Morgan fingerprint density at radius 3 is 2.68 bits per heavy atom. The van der Waals surface area contributed by atoms with Gasteiger partial charge in [-0.25, -0.2) is 22.8 Å². The molecule has 1 aromatic heterocycles. The van der Waals surface area contributed by atoms with E-state index < -0.39 is 10.0 Å². The van der Waals surface area contributed by atoms with Crippen LogP contribution in [0.5, 0.6) is 0 Å². The zero-order valence-corrected chi connectivity index (χ0v) is 16.4. The standard InChI is InChI=1S/C20H17ClFN3O2S/c21-17-3-1-2-14(10-17)13-28(26,27)25-9-8-19-16(12-25)11-23-20(24-19)15-4-6-18(22)7-5-15/h1-7,10-11H,8-9,12-13H2. The van der Waals surface area contributed by atoms with Gasteiger partial charge >= 0.3 is 0 Å². The van der Waals surface area contributed by atoms with Gasteiger partial charge in [-0.05, 0) is 42.0 Å². The number of nitrogens with zero attached hydrogens (tertiary/aromatic N) is 3. The molecule has 0 radical (unpaired) electrons. The minimum atomic E-state index is -3.49. The minimum Gasteiger partial charge on any atom is -0.236 e. The topological polar surface area (TPSA) is 63.2 Å². The molecule has 4 rings (SSSR count). The van der Waals surface area contributed by atoms with Gasteiger partial charge in [0.2, 0.25) is 10.0 Å². The Bertz CT molecular complexity index is 1120. The molecule has 0 aliphatic carbocycles. The summed E-state index contributed by atoms with van der Waals surface area (Å²) in [6, 6.07) is 12.8. The quantitative estimate of drug-likeness (QED) is 0.647. The van der Waals surface area contributed by atoms with Crippen molar-refractivity contribution in [3.8, 4) is 11.4 Å². The normalized spacial score (nSPS) is 14.6. The maximum absolute atomic E-state index is 13.1. The highest BCUT2D eigenvalue weighted by Crippen LogP contribution is 2.24. The summed E-state index contributed by atoms with van der Waals surface area (Å²) in [4.78, 5) is 8.88. The van der Waals surface area contributed by atoms with Gasteiger partial charge < -0.3 is 0 Å². The molecule has 0 spiro atoms. The van der Waals surface area contributed by atoms with Gasteiger partial charge in [-0.2, -0.15) is 4.31 Å². The van der Waals surface area contributed by atoms with Crippen LogP contribution in [-0.4, -0.2) is 29.2 Å². The third-order valence-electron chi connectivity index (χ3n) is 4.63. The van der Waals surface area contributed by atoms with Crippen molar-refractivity contribution in [1.29, 1.82) is 0 Å². The second-order valence-electron chi connectivity index (χ2n) is 6.64. The van der Waals surface area contributed by atoms with Crippen LogP contribution >= 0.6 is 11.6 Å². The summed E-state index contributed by atoms with van der Waals surface area (Å²) in [7, 11) is -3.49. The van der Waals surface area contributed by atoms with Crippen molar-refractivity contribution in [2.75, 3.05) is 6.54 Å². The number of fused-ring (bicyclic) bond motifs is 1. The zero-order chi connectivity index (χ0) is 19.7. The first kappa shape index (κ1) is 19.0. The molecular formula is C20H17ClFN3O2S. The van der Waals surface area contributed by atoms with Crippen molar-refractivity contribution in [3.05, 3.63) is 82.4 Å². The van der Waals surface area contributed by atoms with Crippen LogP contribution in [-0.2, 0) is 28.7 Å². The molecule has 0 unspecified atom stereocenters. The van der Waals surface area contributed by atoms with E-state index in [1.165, 1.54) is 16.4 Å². The maximum atomic E-state index is 13.1. The van der Waals surface area contributed by atoms with Crippen LogP contribution < -0.4 is 0 Å². The Labute approximate surface area is 167 Å². The van der Waals surface area contributed by atoms with Gasteiger partial charge in [0, 0.05) is 41.9 Å². The van der Waals surface area contributed by atoms with Gasteiger partial charge in [0.25, 0.3) is 0 Å². The van der Waals surface area contributed by atoms with Crippen LogP contribution in [0.15, 0.2) is 54.7 Å². The van der Waals surface area contributed by atoms with Gasteiger partial charge in [-0.1, -0.05) is 23.7 Å². The molecule has 1 aliphatic rings. The summed E-state index contributed by atoms with van der Waals surface area (Å²) in [5, 5.41) is 0.512. The van der Waals surface area contributed by atoms with E-state index in [0.717, 1.165) is 16.8 Å². The fourth-order valence-electron chi connectivity index (χ4n) is 3.19. The molecular weight excluding hydrogens is 401 g/mol. The van der Waals surface area contributed by atoms with E-state index in [0.29, 0.717) is 29.4 Å². The fraction of sp³-hybridized carbons (Fsp3) is 0.200. The second-order valence-corrected chi connectivity index (χ2v) is 9.05. The summed E-state index contributed by atoms with van der Waals surface area (Å²) in [5.74, 6) is 0.0912. The lowest BCUT2D eigenvalue weighted by molar-refractivity contribution is 0.386. The minimum absolute atomic E-state index is 0.0998. The van der Waals surface area contributed by atoms with Crippen LogP contribution in [0.4, 0.5) is 4.39 Å². The summed E-state index contributed by atoms with van der Waals surface area (Å²) in [6.45, 7) is 0.595. The van der Waals surface area contributed by atoms with Gasteiger partial charge in [0.15, 0.2) is 5.82 Å². The molecule has 2 aromatic carbocycles. The Morgan fingerprint density at radius 1 is 1.14 bits per heavy atom. The van der Waals surface area contributed by atoms with Gasteiger partial charge in [-0.3, -0.25) is 0 Å². The molecule has 0 N–H and O–H groups in total. The summed E-state index contributed by atoms with van der Waals surface area (Å²) >= 11 is 5.95. The monoisotopic (exact) mass is 417 g/mol. The summed E-state index contributed by atoms with van der Waals surface area (Å²) < 4.78 is 40.2. The first-order valence-corrected chi connectivity index (χ1v) is 10.7. The van der Waals surface area contributed by atoms with Crippen LogP contribution in [0.25, 0.3) is 11.4 Å². The molecule has 0 saturated carbocycles. The van der Waals surface area contributed by atoms with Crippen molar-refractivity contribution in [1.82, 2.24) is 14.3 Å². The molecule has 28 heavy (non-hydrogen) atoms. The van der Waals surface area contributed by atoms with Crippen LogP contribution in [0, 0.1) is 5.82 Å². The number of benzene rings is 2. The molecule has 0 amide bonds. The predicted molar refractivity (Wildman–Crippen MR) is 106 cm³/mol. The van der Waals surface area contributed by atoms with Crippen molar-refractivity contribution >= 4 is 21.6 Å². The zero-order valence-electron chi connectivity index (χ0n) is 14.8. The largest absolute Gasteiger partial charge is 0.236 e. The number of hydrogen-bond donors (Lipinski definition) is 0. The highest BCUT2D eigenvalue weighted by atomic mass is 35.5. The first-order valence-electron chi connectivity index (χ1n) is 8.74. The van der Waals surface area contributed by atoms with E-state index in [-0.39, 0.29) is 18.1 Å². The first-order chi connectivity index (χ1) is 13.4.